The second kappa shape index (κ2) is 3.41. The minimum absolute atomic E-state index is 0.102. The fraction of sp³-hybridized carbons (Fsp3) is 1.00. The molecule has 0 heterocycles. The van der Waals surface area contributed by atoms with Gasteiger partial charge in [0, 0.05) is 10.4 Å². The number of nitrogens with one attached hydrogen (secondary N) is 1. The fourth-order valence-corrected chi connectivity index (χ4v) is 1.96. The first kappa shape index (κ1) is 11.4. The maximum Gasteiger partial charge on any atom is 0.209 e. The smallest absolute Gasteiger partial charge is 0.209 e. The maximum atomic E-state index is 10.8. The second-order valence-corrected chi connectivity index (χ2v) is 6.33. The molecule has 11 heavy (non-hydrogen) atoms. The fourth-order valence-electron chi connectivity index (χ4n) is 0.559. The van der Waals surface area contributed by atoms with E-state index >= 15 is 0 Å². The SMILES string of the molecule is CC(Br)C(C)(C)NS(C)(=O)=O. The average Bonchev–Trinajstić information content (AvgIpc) is 1.56. The van der Waals surface area contributed by atoms with Gasteiger partial charge in [-0.25, -0.2) is 13.1 Å². The van der Waals surface area contributed by atoms with E-state index in [9.17, 15) is 8.42 Å². The number of hydrogen-bond acceptors (Lipinski definition) is 2. The van der Waals surface area contributed by atoms with E-state index in [1.807, 2.05) is 20.8 Å². The van der Waals surface area contributed by atoms with Crippen LogP contribution >= 0.6 is 15.9 Å². The van der Waals surface area contributed by atoms with Crippen molar-refractivity contribution >= 4 is 26.0 Å². The van der Waals surface area contributed by atoms with Crippen LogP contribution in [0.25, 0.3) is 0 Å². The molecule has 0 spiro atoms. The summed E-state index contributed by atoms with van der Waals surface area (Å²) >= 11 is 3.32. The van der Waals surface area contributed by atoms with Gasteiger partial charge < -0.3 is 0 Å². The summed E-state index contributed by atoms with van der Waals surface area (Å²) in [5.74, 6) is 0. The van der Waals surface area contributed by atoms with E-state index in [2.05, 4.69) is 20.7 Å². The van der Waals surface area contributed by atoms with Gasteiger partial charge in [-0.3, -0.25) is 0 Å². The van der Waals surface area contributed by atoms with Crippen molar-refractivity contribution in [2.45, 2.75) is 31.1 Å². The molecule has 5 heteroatoms. The average molecular weight is 244 g/mol. The van der Waals surface area contributed by atoms with Gasteiger partial charge in [0.2, 0.25) is 10.0 Å². The minimum Gasteiger partial charge on any atom is -0.213 e. The molecule has 0 aliphatic carbocycles. The molecule has 0 saturated carbocycles. The van der Waals surface area contributed by atoms with Gasteiger partial charge in [0.25, 0.3) is 0 Å². The van der Waals surface area contributed by atoms with Crippen molar-refractivity contribution < 1.29 is 8.42 Å². The van der Waals surface area contributed by atoms with Crippen LogP contribution in [0.1, 0.15) is 20.8 Å². The lowest BCUT2D eigenvalue weighted by Crippen LogP contribution is -2.48. The normalized spacial score (nSPS) is 16.5. The number of sulfonamides is 1. The standard InChI is InChI=1S/C6H14BrNO2S/c1-5(7)6(2,3)8-11(4,9)10/h5,8H,1-4H3. The van der Waals surface area contributed by atoms with Crippen LogP contribution in [0.15, 0.2) is 0 Å². The van der Waals surface area contributed by atoms with Gasteiger partial charge in [-0.05, 0) is 13.8 Å². The molecule has 1 unspecified atom stereocenters. The number of alkyl halides is 1. The maximum absolute atomic E-state index is 10.8. The van der Waals surface area contributed by atoms with Gasteiger partial charge >= 0.3 is 0 Å². The topological polar surface area (TPSA) is 46.2 Å². The van der Waals surface area contributed by atoms with Crippen LogP contribution in [0.2, 0.25) is 0 Å². The lowest BCUT2D eigenvalue weighted by molar-refractivity contribution is 0.456. The number of hydrogen-bond donors (Lipinski definition) is 1. The Morgan fingerprint density at radius 3 is 1.91 bits per heavy atom. The number of halogens is 1. The van der Waals surface area contributed by atoms with Crippen LogP contribution in [-0.2, 0) is 10.0 Å². The van der Waals surface area contributed by atoms with E-state index in [0.29, 0.717) is 0 Å². The molecule has 0 aromatic rings. The molecule has 1 N–H and O–H groups in total. The monoisotopic (exact) mass is 243 g/mol. The first-order valence-electron chi connectivity index (χ1n) is 3.28. The quantitative estimate of drug-likeness (QED) is 0.755. The van der Waals surface area contributed by atoms with E-state index in [-0.39, 0.29) is 4.83 Å². The summed E-state index contributed by atoms with van der Waals surface area (Å²) in [6, 6.07) is 0. The molecule has 0 aromatic carbocycles. The summed E-state index contributed by atoms with van der Waals surface area (Å²) in [5, 5.41) is 0. The van der Waals surface area contributed by atoms with Gasteiger partial charge in [0.1, 0.15) is 0 Å². The summed E-state index contributed by atoms with van der Waals surface area (Å²) in [5.41, 5.74) is -0.437. The highest BCUT2D eigenvalue weighted by Gasteiger charge is 2.26. The summed E-state index contributed by atoms with van der Waals surface area (Å²) in [7, 11) is -3.11. The van der Waals surface area contributed by atoms with Crippen molar-refractivity contribution in [3.05, 3.63) is 0 Å². The van der Waals surface area contributed by atoms with Crippen molar-refractivity contribution in [1.82, 2.24) is 4.72 Å². The molecule has 0 rings (SSSR count). The molecule has 1 atom stereocenters. The highest BCUT2D eigenvalue weighted by molar-refractivity contribution is 9.09. The van der Waals surface area contributed by atoms with E-state index in [0.717, 1.165) is 6.26 Å². The third-order valence-electron chi connectivity index (χ3n) is 1.44. The molecule has 68 valence electrons. The summed E-state index contributed by atoms with van der Waals surface area (Å²) in [6.45, 7) is 5.55. The van der Waals surface area contributed by atoms with Crippen molar-refractivity contribution in [3.8, 4) is 0 Å². The molecule has 0 fully saturated rings. The van der Waals surface area contributed by atoms with Crippen molar-refractivity contribution in [2.75, 3.05) is 6.26 Å². The highest BCUT2D eigenvalue weighted by atomic mass is 79.9. The Kier molecular flexibility index (Phi) is 3.53. The Labute approximate surface area is 76.7 Å². The van der Waals surface area contributed by atoms with Crippen molar-refractivity contribution in [3.63, 3.8) is 0 Å². The highest BCUT2D eigenvalue weighted by Crippen LogP contribution is 2.17. The van der Waals surface area contributed by atoms with Crippen molar-refractivity contribution in [2.24, 2.45) is 0 Å². The Morgan fingerprint density at radius 2 is 1.82 bits per heavy atom. The van der Waals surface area contributed by atoms with Crippen LogP contribution < -0.4 is 4.72 Å². The van der Waals surface area contributed by atoms with Crippen LogP contribution in [0.3, 0.4) is 0 Å². The zero-order chi connectivity index (χ0) is 9.28. The molecular weight excluding hydrogens is 230 g/mol. The van der Waals surface area contributed by atoms with Gasteiger partial charge in [-0.1, -0.05) is 22.9 Å². The predicted octanol–water partition coefficient (Wildman–Crippen LogP) is 1.10. The molecule has 0 amide bonds. The molecule has 0 saturated heterocycles. The molecule has 3 nitrogen and oxygen atoms in total. The van der Waals surface area contributed by atoms with E-state index in [4.69, 9.17) is 0 Å². The lowest BCUT2D eigenvalue weighted by atomic mass is 10.0. The van der Waals surface area contributed by atoms with Crippen molar-refractivity contribution in [1.29, 1.82) is 0 Å². The summed E-state index contributed by atoms with van der Waals surface area (Å²) < 4.78 is 24.2. The van der Waals surface area contributed by atoms with Crippen LogP contribution in [-0.4, -0.2) is 25.0 Å². The molecule has 0 aliphatic heterocycles. The lowest BCUT2D eigenvalue weighted by Gasteiger charge is -2.27. The molecule has 0 aliphatic rings. The zero-order valence-electron chi connectivity index (χ0n) is 7.18. The Morgan fingerprint density at radius 1 is 1.45 bits per heavy atom. The Balaban J connectivity index is 4.38. The Bertz CT molecular complexity index is 221. The third-order valence-corrected chi connectivity index (χ3v) is 3.48. The molecule has 0 radical (unpaired) electrons. The first-order valence-corrected chi connectivity index (χ1v) is 6.09. The van der Waals surface area contributed by atoms with E-state index in [1.54, 1.807) is 0 Å². The van der Waals surface area contributed by atoms with Crippen LogP contribution in [0.4, 0.5) is 0 Å². The predicted molar refractivity (Wildman–Crippen MR) is 50.4 cm³/mol. The Hall–Kier alpha value is 0.390. The molecular formula is C6H14BrNO2S. The number of rotatable bonds is 3. The van der Waals surface area contributed by atoms with E-state index in [1.165, 1.54) is 0 Å². The molecule has 0 aromatic heterocycles. The largest absolute Gasteiger partial charge is 0.213 e. The molecule has 0 bridgehead atoms. The zero-order valence-corrected chi connectivity index (χ0v) is 9.58. The van der Waals surface area contributed by atoms with Crippen LogP contribution in [0.5, 0.6) is 0 Å². The summed E-state index contributed by atoms with van der Waals surface area (Å²) in [4.78, 5) is 0.102. The second-order valence-electron chi connectivity index (χ2n) is 3.21. The van der Waals surface area contributed by atoms with Gasteiger partial charge in [-0.15, -0.1) is 0 Å². The summed E-state index contributed by atoms with van der Waals surface area (Å²) in [6.07, 6.45) is 1.16. The third kappa shape index (κ3) is 4.76. The van der Waals surface area contributed by atoms with E-state index < -0.39 is 15.6 Å². The van der Waals surface area contributed by atoms with Gasteiger partial charge in [0.15, 0.2) is 0 Å². The first-order chi connectivity index (χ1) is 4.65. The van der Waals surface area contributed by atoms with Gasteiger partial charge in [-0.2, -0.15) is 0 Å². The van der Waals surface area contributed by atoms with Crippen LogP contribution in [0, 0.1) is 0 Å². The minimum atomic E-state index is -3.11. The van der Waals surface area contributed by atoms with Gasteiger partial charge in [0.05, 0.1) is 6.26 Å².